The number of carboxylic acids is 1. The first kappa shape index (κ1) is 16.6. The Kier molecular flexibility index (Phi) is 5.43. The number of rotatable bonds is 4. The summed E-state index contributed by atoms with van der Waals surface area (Å²) in [7, 11) is 0. The molecule has 0 aliphatic heterocycles. The Labute approximate surface area is 140 Å². The van der Waals surface area contributed by atoms with Crippen LogP contribution < -0.4 is 10.7 Å². The topological polar surface area (TPSA) is 73.7 Å². The van der Waals surface area contributed by atoms with E-state index in [9.17, 15) is 4.79 Å². The minimum Gasteiger partial charge on any atom is -0.478 e. The van der Waals surface area contributed by atoms with Gasteiger partial charge in [-0.2, -0.15) is 5.10 Å². The summed E-state index contributed by atoms with van der Waals surface area (Å²) >= 11 is 5.19. The largest absolute Gasteiger partial charge is 0.478 e. The number of hydrogen-bond acceptors (Lipinski definition) is 3. The molecule has 6 heteroatoms. The molecule has 5 nitrogen and oxygen atoms in total. The molecule has 0 aliphatic rings. The van der Waals surface area contributed by atoms with Gasteiger partial charge in [-0.25, -0.2) is 4.79 Å². The van der Waals surface area contributed by atoms with E-state index >= 15 is 0 Å². The molecule has 0 aromatic heterocycles. The zero-order chi connectivity index (χ0) is 16.8. The quantitative estimate of drug-likeness (QED) is 0.456. The second kappa shape index (κ2) is 7.51. The number of aromatic carboxylic acids is 1. The molecular weight excluding hydrogens is 310 g/mol. The van der Waals surface area contributed by atoms with Gasteiger partial charge >= 0.3 is 5.97 Å². The van der Waals surface area contributed by atoms with Crippen molar-refractivity contribution in [3.63, 3.8) is 0 Å². The Morgan fingerprint density at radius 3 is 2.65 bits per heavy atom. The van der Waals surface area contributed by atoms with E-state index in [-0.39, 0.29) is 5.56 Å². The summed E-state index contributed by atoms with van der Waals surface area (Å²) in [5, 5.41) is 16.5. The Bertz CT molecular complexity index is 772. The lowest BCUT2D eigenvalue weighted by molar-refractivity contribution is 0.0697. The minimum absolute atomic E-state index is 0.187. The summed E-state index contributed by atoms with van der Waals surface area (Å²) < 4.78 is 0. The Morgan fingerprint density at radius 1 is 1.17 bits per heavy atom. The number of benzene rings is 2. The van der Waals surface area contributed by atoms with E-state index in [4.69, 9.17) is 17.3 Å². The van der Waals surface area contributed by atoms with Gasteiger partial charge in [0.15, 0.2) is 5.11 Å². The fourth-order valence-electron chi connectivity index (χ4n) is 2.00. The van der Waals surface area contributed by atoms with E-state index in [2.05, 4.69) is 15.8 Å². The molecule has 2 aromatic rings. The first-order valence-corrected chi connectivity index (χ1v) is 7.38. The normalized spacial score (nSPS) is 10.5. The molecular formula is C17H17N3O2S. The number of carbonyl (C=O) groups is 1. The molecule has 0 spiro atoms. The van der Waals surface area contributed by atoms with Crippen molar-refractivity contribution in [1.29, 1.82) is 0 Å². The number of thiocarbonyl (C=S) groups is 1. The molecule has 0 heterocycles. The molecule has 0 radical (unpaired) electrons. The van der Waals surface area contributed by atoms with E-state index in [0.29, 0.717) is 10.7 Å². The van der Waals surface area contributed by atoms with Gasteiger partial charge in [-0.3, -0.25) is 5.43 Å². The molecule has 0 aliphatic carbocycles. The van der Waals surface area contributed by atoms with E-state index in [1.807, 2.05) is 32.0 Å². The van der Waals surface area contributed by atoms with Gasteiger partial charge in [0.1, 0.15) is 0 Å². The van der Waals surface area contributed by atoms with Crippen molar-refractivity contribution in [2.24, 2.45) is 5.10 Å². The maximum Gasteiger partial charge on any atom is 0.336 e. The first-order valence-electron chi connectivity index (χ1n) is 6.97. The lowest BCUT2D eigenvalue weighted by Crippen LogP contribution is -2.24. The van der Waals surface area contributed by atoms with Crippen LogP contribution in [0.25, 0.3) is 0 Å². The summed E-state index contributed by atoms with van der Waals surface area (Å²) in [6, 6.07) is 12.5. The Hall–Kier alpha value is -2.73. The standard InChI is InChI=1S/C17H17N3O2S/c1-11-6-5-9-15(12(11)2)19-17(23)20-18-10-13-7-3-4-8-14(13)16(21)22/h3-10H,1-2H3,(H,21,22)(H2,19,20,23)/b18-10+. The molecule has 0 fully saturated rings. The van der Waals surface area contributed by atoms with Gasteiger partial charge in [0.2, 0.25) is 0 Å². The number of aryl methyl sites for hydroxylation is 1. The third-order valence-electron chi connectivity index (χ3n) is 3.41. The molecule has 23 heavy (non-hydrogen) atoms. The molecule has 0 atom stereocenters. The van der Waals surface area contributed by atoms with Gasteiger partial charge in [-0.05, 0) is 49.3 Å². The van der Waals surface area contributed by atoms with Gasteiger partial charge < -0.3 is 10.4 Å². The van der Waals surface area contributed by atoms with Gasteiger partial charge in [0, 0.05) is 11.3 Å². The van der Waals surface area contributed by atoms with Gasteiger partial charge in [-0.1, -0.05) is 30.3 Å². The highest BCUT2D eigenvalue weighted by Gasteiger charge is 2.06. The number of nitrogens with one attached hydrogen (secondary N) is 2. The summed E-state index contributed by atoms with van der Waals surface area (Å²) in [6.07, 6.45) is 1.43. The molecule has 0 saturated heterocycles. The number of hydrogen-bond donors (Lipinski definition) is 3. The number of anilines is 1. The number of hydrazone groups is 1. The van der Waals surface area contributed by atoms with Crippen LogP contribution in [0.2, 0.25) is 0 Å². The van der Waals surface area contributed by atoms with Crippen molar-refractivity contribution < 1.29 is 9.90 Å². The zero-order valence-corrected chi connectivity index (χ0v) is 13.6. The maximum absolute atomic E-state index is 11.1. The Morgan fingerprint density at radius 2 is 1.91 bits per heavy atom. The highest BCUT2D eigenvalue weighted by Crippen LogP contribution is 2.17. The van der Waals surface area contributed by atoms with Crippen LogP contribution in [0.5, 0.6) is 0 Å². The van der Waals surface area contributed by atoms with Crippen LogP contribution in [0.1, 0.15) is 27.0 Å². The van der Waals surface area contributed by atoms with Crippen LogP contribution in [0.3, 0.4) is 0 Å². The molecule has 0 unspecified atom stereocenters. The van der Waals surface area contributed by atoms with Crippen LogP contribution in [-0.2, 0) is 0 Å². The van der Waals surface area contributed by atoms with Gasteiger partial charge in [-0.15, -0.1) is 0 Å². The van der Waals surface area contributed by atoms with Crippen molar-refractivity contribution >= 4 is 35.2 Å². The summed E-state index contributed by atoms with van der Waals surface area (Å²) in [6.45, 7) is 4.03. The van der Waals surface area contributed by atoms with Crippen LogP contribution in [0, 0.1) is 13.8 Å². The predicted molar refractivity (Wildman–Crippen MR) is 96.3 cm³/mol. The molecule has 2 rings (SSSR count). The monoisotopic (exact) mass is 327 g/mol. The molecule has 0 amide bonds. The molecule has 3 N–H and O–H groups in total. The first-order chi connectivity index (χ1) is 11.0. The van der Waals surface area contributed by atoms with Crippen LogP contribution in [0.4, 0.5) is 5.69 Å². The van der Waals surface area contributed by atoms with Crippen molar-refractivity contribution in [3.05, 3.63) is 64.7 Å². The van der Waals surface area contributed by atoms with Crippen molar-refractivity contribution in [1.82, 2.24) is 5.43 Å². The highest BCUT2D eigenvalue weighted by atomic mass is 32.1. The van der Waals surface area contributed by atoms with E-state index in [0.717, 1.165) is 16.8 Å². The number of nitrogens with zero attached hydrogens (tertiary/aromatic N) is 1. The highest BCUT2D eigenvalue weighted by molar-refractivity contribution is 7.80. The Balaban J connectivity index is 2.02. The summed E-state index contributed by atoms with van der Waals surface area (Å²) in [4.78, 5) is 11.1. The third kappa shape index (κ3) is 4.37. The lowest BCUT2D eigenvalue weighted by Gasteiger charge is -2.11. The van der Waals surface area contributed by atoms with E-state index in [1.54, 1.807) is 18.2 Å². The third-order valence-corrected chi connectivity index (χ3v) is 3.61. The molecule has 118 valence electrons. The van der Waals surface area contributed by atoms with E-state index in [1.165, 1.54) is 12.3 Å². The van der Waals surface area contributed by atoms with Gasteiger partial charge in [0.05, 0.1) is 11.8 Å². The van der Waals surface area contributed by atoms with Crippen molar-refractivity contribution in [3.8, 4) is 0 Å². The van der Waals surface area contributed by atoms with Crippen LogP contribution in [-0.4, -0.2) is 22.4 Å². The molecule has 2 aromatic carbocycles. The fraction of sp³-hybridized carbons (Fsp3) is 0.118. The van der Waals surface area contributed by atoms with Gasteiger partial charge in [0.25, 0.3) is 0 Å². The van der Waals surface area contributed by atoms with Crippen LogP contribution >= 0.6 is 12.2 Å². The summed E-state index contributed by atoms with van der Waals surface area (Å²) in [5.74, 6) is -0.997. The average molecular weight is 327 g/mol. The van der Waals surface area contributed by atoms with E-state index < -0.39 is 5.97 Å². The average Bonchev–Trinajstić information content (AvgIpc) is 2.52. The molecule has 0 saturated carbocycles. The second-order valence-electron chi connectivity index (χ2n) is 4.96. The van der Waals surface area contributed by atoms with Crippen LogP contribution in [0.15, 0.2) is 47.6 Å². The molecule has 0 bridgehead atoms. The second-order valence-corrected chi connectivity index (χ2v) is 5.37. The maximum atomic E-state index is 11.1. The predicted octanol–water partition coefficient (Wildman–Crippen LogP) is 3.32. The summed E-state index contributed by atoms with van der Waals surface area (Å²) in [5.41, 5.74) is 6.56. The fourth-order valence-corrected chi connectivity index (χ4v) is 2.16. The van der Waals surface area contributed by atoms with Crippen molar-refractivity contribution in [2.75, 3.05) is 5.32 Å². The lowest BCUT2D eigenvalue weighted by atomic mass is 10.1. The smallest absolute Gasteiger partial charge is 0.336 e. The zero-order valence-electron chi connectivity index (χ0n) is 12.8. The SMILES string of the molecule is Cc1cccc(NC(=S)N/N=C/c2ccccc2C(=O)O)c1C. The van der Waals surface area contributed by atoms with Crippen molar-refractivity contribution in [2.45, 2.75) is 13.8 Å². The number of carboxylic acid groups (broad SMARTS) is 1. The minimum atomic E-state index is -0.997.